The number of nitrogens with two attached hydrogens (primary N) is 1. The third kappa shape index (κ3) is 2.57. The van der Waals surface area contributed by atoms with Crippen LogP contribution in [0.3, 0.4) is 0 Å². The molecule has 0 heterocycles. The molecule has 0 aliphatic rings. The summed E-state index contributed by atoms with van der Waals surface area (Å²) in [5.41, 5.74) is 2.79. The lowest BCUT2D eigenvalue weighted by Crippen LogP contribution is -1.88. The fourth-order valence-electron chi connectivity index (χ4n) is 1.37. The van der Waals surface area contributed by atoms with Gasteiger partial charge >= 0.3 is 0 Å². The van der Waals surface area contributed by atoms with Gasteiger partial charge in [0.15, 0.2) is 0 Å². The Morgan fingerprint density at radius 1 is 0.812 bits per heavy atom. The highest BCUT2D eigenvalue weighted by Crippen LogP contribution is 2.19. The van der Waals surface area contributed by atoms with Crippen molar-refractivity contribution in [2.45, 2.75) is 0 Å². The van der Waals surface area contributed by atoms with E-state index in [0.717, 1.165) is 17.1 Å². The van der Waals surface area contributed by atoms with Crippen molar-refractivity contribution in [3.63, 3.8) is 0 Å². The summed E-state index contributed by atoms with van der Waals surface area (Å²) in [6, 6.07) is 17.5. The molecule has 2 aromatic carbocycles. The molecule has 0 aromatic heterocycles. The molecule has 0 saturated carbocycles. The number of anilines is 2. The molecule has 0 bridgehead atoms. The summed E-state index contributed by atoms with van der Waals surface area (Å²) in [5, 5.41) is 10.2. The summed E-state index contributed by atoms with van der Waals surface area (Å²) >= 11 is 0. The maximum atomic E-state index is 4.96. The number of nitrogens with zero attached hydrogens (tertiary/aromatic N) is 2. The van der Waals surface area contributed by atoms with Crippen molar-refractivity contribution < 1.29 is 0 Å². The smallest absolute Gasteiger partial charge is 0.0875 e. The number of para-hydroxylation sites is 1. The molecule has 80 valence electrons. The van der Waals surface area contributed by atoms with E-state index in [4.69, 9.17) is 5.84 Å². The second kappa shape index (κ2) is 4.93. The van der Waals surface area contributed by atoms with Crippen molar-refractivity contribution >= 4 is 17.1 Å². The molecule has 0 saturated heterocycles. The van der Waals surface area contributed by atoms with E-state index in [-0.39, 0.29) is 0 Å². The van der Waals surface area contributed by atoms with Gasteiger partial charge < -0.3 is 11.2 Å². The van der Waals surface area contributed by atoms with E-state index in [1.165, 1.54) is 0 Å². The molecule has 0 amide bonds. The van der Waals surface area contributed by atoms with Gasteiger partial charge in [-0.25, -0.2) is 0 Å². The van der Waals surface area contributed by atoms with Crippen molar-refractivity contribution in [2.24, 2.45) is 16.2 Å². The molecule has 0 aliphatic carbocycles. The van der Waals surface area contributed by atoms with Gasteiger partial charge in [0.2, 0.25) is 0 Å². The number of hydrogen-bond acceptors (Lipinski definition) is 3. The van der Waals surface area contributed by atoms with E-state index >= 15 is 0 Å². The van der Waals surface area contributed by atoms with Crippen molar-refractivity contribution in [2.75, 3.05) is 5.32 Å². The maximum absolute atomic E-state index is 4.96. The Labute approximate surface area is 93.8 Å². The highest BCUT2D eigenvalue weighted by molar-refractivity contribution is 5.61. The molecular weight excluding hydrogens is 200 g/mol. The zero-order valence-electron chi connectivity index (χ0n) is 8.67. The zero-order chi connectivity index (χ0) is 11.2. The van der Waals surface area contributed by atoms with Crippen molar-refractivity contribution in [1.29, 1.82) is 0 Å². The topological polar surface area (TPSA) is 62.8 Å². The molecule has 0 aliphatic heterocycles. The SMILES string of the molecule is NN=Nc1ccc(Nc2ccccc2)cc1. The Balaban J connectivity index is 2.11. The first-order valence-corrected chi connectivity index (χ1v) is 4.91. The first-order chi connectivity index (χ1) is 7.88. The minimum atomic E-state index is 0.737. The third-order valence-electron chi connectivity index (χ3n) is 2.10. The lowest BCUT2D eigenvalue weighted by molar-refractivity contribution is 1.06. The molecular formula is C12H12N4. The van der Waals surface area contributed by atoms with Gasteiger partial charge in [-0.15, -0.1) is 5.11 Å². The summed E-state index contributed by atoms with van der Waals surface area (Å²) in [6.45, 7) is 0. The van der Waals surface area contributed by atoms with E-state index < -0.39 is 0 Å². The summed E-state index contributed by atoms with van der Waals surface area (Å²) < 4.78 is 0. The molecule has 2 rings (SSSR count). The molecule has 4 heteroatoms. The number of nitrogens with one attached hydrogen (secondary N) is 1. The molecule has 16 heavy (non-hydrogen) atoms. The zero-order valence-corrected chi connectivity index (χ0v) is 8.67. The fourth-order valence-corrected chi connectivity index (χ4v) is 1.37. The first kappa shape index (κ1) is 10.2. The molecule has 0 radical (unpaired) electrons. The summed E-state index contributed by atoms with van der Waals surface area (Å²) in [7, 11) is 0. The minimum Gasteiger partial charge on any atom is -0.356 e. The molecule has 2 aromatic rings. The Hall–Kier alpha value is -2.36. The third-order valence-corrected chi connectivity index (χ3v) is 2.10. The van der Waals surface area contributed by atoms with Crippen LogP contribution >= 0.6 is 0 Å². The highest BCUT2D eigenvalue weighted by Gasteiger charge is 1.94. The quantitative estimate of drug-likeness (QED) is 0.465. The number of benzene rings is 2. The van der Waals surface area contributed by atoms with Gasteiger partial charge in [-0.2, -0.15) is 0 Å². The largest absolute Gasteiger partial charge is 0.356 e. The van der Waals surface area contributed by atoms with E-state index in [1.54, 1.807) is 0 Å². The Kier molecular flexibility index (Phi) is 3.13. The van der Waals surface area contributed by atoms with Crippen LogP contribution in [0.15, 0.2) is 64.9 Å². The normalized spacial score (nSPS) is 10.5. The van der Waals surface area contributed by atoms with Crippen LogP contribution < -0.4 is 11.2 Å². The van der Waals surface area contributed by atoms with Crippen LogP contribution in [-0.4, -0.2) is 0 Å². The van der Waals surface area contributed by atoms with Crippen LogP contribution in [0.1, 0.15) is 0 Å². The van der Waals surface area contributed by atoms with E-state index in [0.29, 0.717) is 0 Å². The monoisotopic (exact) mass is 212 g/mol. The number of hydrogen-bond donors (Lipinski definition) is 2. The Morgan fingerprint density at radius 3 is 2.06 bits per heavy atom. The van der Waals surface area contributed by atoms with E-state index in [9.17, 15) is 0 Å². The summed E-state index contributed by atoms with van der Waals surface area (Å²) in [6.07, 6.45) is 0. The van der Waals surface area contributed by atoms with Crippen LogP contribution in [0.5, 0.6) is 0 Å². The minimum absolute atomic E-state index is 0.737. The fraction of sp³-hybridized carbons (Fsp3) is 0. The summed E-state index contributed by atoms with van der Waals surface area (Å²) in [4.78, 5) is 0. The van der Waals surface area contributed by atoms with Crippen LogP contribution in [0.25, 0.3) is 0 Å². The molecule has 4 nitrogen and oxygen atoms in total. The summed E-state index contributed by atoms with van der Waals surface area (Å²) in [5.74, 6) is 4.96. The predicted molar refractivity (Wildman–Crippen MR) is 64.9 cm³/mol. The van der Waals surface area contributed by atoms with Crippen LogP contribution in [0.2, 0.25) is 0 Å². The lowest BCUT2D eigenvalue weighted by Gasteiger charge is -2.05. The maximum Gasteiger partial charge on any atom is 0.0875 e. The van der Waals surface area contributed by atoms with Gasteiger partial charge in [-0.3, -0.25) is 0 Å². The van der Waals surface area contributed by atoms with Crippen LogP contribution in [0.4, 0.5) is 17.1 Å². The Morgan fingerprint density at radius 2 is 1.44 bits per heavy atom. The van der Waals surface area contributed by atoms with Crippen molar-refractivity contribution in [3.8, 4) is 0 Å². The van der Waals surface area contributed by atoms with Gasteiger partial charge in [-0.1, -0.05) is 23.4 Å². The number of rotatable bonds is 3. The first-order valence-electron chi connectivity index (χ1n) is 4.91. The Bertz CT molecular complexity index is 462. The highest BCUT2D eigenvalue weighted by atomic mass is 15.3. The average molecular weight is 212 g/mol. The van der Waals surface area contributed by atoms with Gasteiger partial charge in [0.05, 0.1) is 5.69 Å². The predicted octanol–water partition coefficient (Wildman–Crippen LogP) is 3.39. The van der Waals surface area contributed by atoms with E-state index in [1.807, 2.05) is 54.6 Å². The van der Waals surface area contributed by atoms with Crippen molar-refractivity contribution in [3.05, 3.63) is 54.6 Å². The second-order valence-electron chi connectivity index (χ2n) is 3.25. The molecule has 0 spiro atoms. The van der Waals surface area contributed by atoms with Gasteiger partial charge in [0.25, 0.3) is 0 Å². The average Bonchev–Trinajstić information content (AvgIpc) is 2.33. The molecule has 3 N–H and O–H groups in total. The van der Waals surface area contributed by atoms with Gasteiger partial charge in [0, 0.05) is 11.4 Å². The standard InChI is InChI=1S/C12H12N4/c13-16-15-12-8-6-11(7-9-12)14-10-4-2-1-3-5-10/h1-9,14H,(H2,13,15). The molecule has 0 fully saturated rings. The lowest BCUT2D eigenvalue weighted by atomic mass is 10.2. The van der Waals surface area contributed by atoms with Gasteiger partial charge in [0.1, 0.15) is 0 Å². The molecule has 0 atom stereocenters. The van der Waals surface area contributed by atoms with Crippen molar-refractivity contribution in [1.82, 2.24) is 0 Å². The van der Waals surface area contributed by atoms with Crippen LogP contribution in [-0.2, 0) is 0 Å². The molecule has 0 unspecified atom stereocenters. The van der Waals surface area contributed by atoms with Gasteiger partial charge in [-0.05, 0) is 36.4 Å². The van der Waals surface area contributed by atoms with E-state index in [2.05, 4.69) is 15.7 Å². The second-order valence-corrected chi connectivity index (χ2v) is 3.25. The van der Waals surface area contributed by atoms with Crippen LogP contribution in [0, 0.1) is 0 Å².